The van der Waals surface area contributed by atoms with Gasteiger partial charge in [-0.25, -0.2) is 4.98 Å². The van der Waals surface area contributed by atoms with E-state index in [0.717, 1.165) is 32.6 Å². The molecule has 21 heavy (non-hydrogen) atoms. The fourth-order valence-corrected chi connectivity index (χ4v) is 3.74. The number of nitrogens with zero attached hydrogens (tertiary/aromatic N) is 3. The van der Waals surface area contributed by atoms with E-state index in [1.807, 2.05) is 0 Å². The van der Waals surface area contributed by atoms with Crippen LogP contribution in [0.5, 0.6) is 0 Å². The number of likely N-dealkylation sites (tertiary alicyclic amines) is 1. The minimum atomic E-state index is 0.297. The summed E-state index contributed by atoms with van der Waals surface area (Å²) in [5.74, 6) is 0.537. The maximum Gasteiger partial charge on any atom is 0.0954 e. The van der Waals surface area contributed by atoms with Crippen LogP contribution in [0.25, 0.3) is 0 Å². The zero-order chi connectivity index (χ0) is 15.2. The van der Waals surface area contributed by atoms with Gasteiger partial charge in [-0.1, -0.05) is 13.8 Å². The highest BCUT2D eigenvalue weighted by Gasteiger charge is 2.22. The van der Waals surface area contributed by atoms with Crippen LogP contribution in [0.3, 0.4) is 0 Å². The first-order valence-corrected chi connectivity index (χ1v) is 8.96. The number of aliphatic hydroxyl groups is 1. The van der Waals surface area contributed by atoms with Crippen LogP contribution in [0.2, 0.25) is 0 Å². The Morgan fingerprint density at radius 3 is 2.71 bits per heavy atom. The first kappa shape index (κ1) is 16.9. The maximum absolute atomic E-state index is 8.92. The molecule has 0 bridgehead atoms. The highest BCUT2D eigenvalue weighted by Crippen LogP contribution is 2.22. The summed E-state index contributed by atoms with van der Waals surface area (Å²) < 4.78 is 0. The Kier molecular flexibility index (Phi) is 6.61. The molecule has 1 aliphatic rings. The minimum absolute atomic E-state index is 0.297. The lowest BCUT2D eigenvalue weighted by molar-refractivity contribution is 0.117. The van der Waals surface area contributed by atoms with Crippen molar-refractivity contribution in [1.82, 2.24) is 14.8 Å². The van der Waals surface area contributed by atoms with Gasteiger partial charge in [-0.15, -0.1) is 11.3 Å². The van der Waals surface area contributed by atoms with Crippen molar-refractivity contribution in [2.45, 2.75) is 51.6 Å². The number of aliphatic hydroxyl groups excluding tert-OH is 1. The first-order valence-electron chi connectivity index (χ1n) is 8.08. The third-order valence-electron chi connectivity index (χ3n) is 4.30. The van der Waals surface area contributed by atoms with Crippen molar-refractivity contribution in [3.05, 3.63) is 16.1 Å². The van der Waals surface area contributed by atoms with Gasteiger partial charge in [-0.2, -0.15) is 0 Å². The van der Waals surface area contributed by atoms with Crippen LogP contribution in [-0.2, 0) is 6.54 Å². The van der Waals surface area contributed by atoms with Crippen LogP contribution >= 0.6 is 11.3 Å². The van der Waals surface area contributed by atoms with Gasteiger partial charge in [0.05, 0.1) is 10.7 Å². The maximum atomic E-state index is 8.92. The summed E-state index contributed by atoms with van der Waals surface area (Å²) in [5.41, 5.74) is 1.23. The van der Waals surface area contributed by atoms with E-state index < -0.39 is 0 Å². The molecule has 0 aromatic carbocycles. The summed E-state index contributed by atoms with van der Waals surface area (Å²) in [7, 11) is 2.19. The van der Waals surface area contributed by atoms with Crippen molar-refractivity contribution in [2.75, 3.05) is 33.3 Å². The van der Waals surface area contributed by atoms with E-state index in [9.17, 15) is 0 Å². The first-order chi connectivity index (χ1) is 10.1. The average molecular weight is 311 g/mol. The van der Waals surface area contributed by atoms with Gasteiger partial charge in [0.25, 0.3) is 0 Å². The number of aromatic nitrogens is 1. The topological polar surface area (TPSA) is 39.6 Å². The van der Waals surface area contributed by atoms with Crippen molar-refractivity contribution >= 4 is 11.3 Å². The standard InChI is InChI=1S/C16H29N3OS/c1-13(2)16-17-14(12-21-16)11-19-8-5-15(6-9-19)18(3)7-4-10-20/h12-13,15,20H,4-11H2,1-3H3. The molecular weight excluding hydrogens is 282 g/mol. The van der Waals surface area contributed by atoms with Crippen molar-refractivity contribution in [3.63, 3.8) is 0 Å². The molecule has 4 nitrogen and oxygen atoms in total. The van der Waals surface area contributed by atoms with E-state index in [2.05, 4.69) is 36.1 Å². The molecule has 0 amide bonds. The molecule has 0 spiro atoms. The summed E-state index contributed by atoms with van der Waals surface area (Å²) in [6.45, 7) is 9.02. The second-order valence-corrected chi connectivity index (χ2v) is 7.29. The van der Waals surface area contributed by atoms with Gasteiger partial charge < -0.3 is 10.0 Å². The molecule has 5 heteroatoms. The average Bonchev–Trinajstić information content (AvgIpc) is 2.94. The molecule has 1 saturated heterocycles. The lowest BCUT2D eigenvalue weighted by atomic mass is 10.0. The summed E-state index contributed by atoms with van der Waals surface area (Å²) in [6, 6.07) is 0.675. The van der Waals surface area contributed by atoms with Crippen LogP contribution in [-0.4, -0.2) is 59.2 Å². The molecule has 2 rings (SSSR count). The Balaban J connectivity index is 1.75. The van der Waals surface area contributed by atoms with Crippen molar-refractivity contribution < 1.29 is 5.11 Å². The predicted octanol–water partition coefficient (Wildman–Crippen LogP) is 2.55. The molecule has 0 saturated carbocycles. The Bertz CT molecular complexity index is 413. The number of thiazole rings is 1. The molecule has 1 aromatic heterocycles. The molecule has 2 heterocycles. The molecule has 1 aromatic rings. The van der Waals surface area contributed by atoms with Crippen LogP contribution in [0.4, 0.5) is 0 Å². The normalized spacial score (nSPS) is 18.0. The second kappa shape index (κ2) is 8.22. The van der Waals surface area contributed by atoms with Gasteiger partial charge >= 0.3 is 0 Å². The zero-order valence-corrected chi connectivity index (χ0v) is 14.4. The van der Waals surface area contributed by atoms with Gasteiger partial charge in [-0.3, -0.25) is 4.90 Å². The van der Waals surface area contributed by atoms with E-state index in [1.54, 1.807) is 11.3 Å². The van der Waals surface area contributed by atoms with Gasteiger partial charge in [0.2, 0.25) is 0 Å². The monoisotopic (exact) mass is 311 g/mol. The highest BCUT2D eigenvalue weighted by molar-refractivity contribution is 7.09. The van der Waals surface area contributed by atoms with E-state index in [1.165, 1.54) is 23.5 Å². The van der Waals surface area contributed by atoms with E-state index in [-0.39, 0.29) is 0 Å². The Hall–Kier alpha value is -0.490. The molecule has 0 radical (unpaired) electrons. The number of piperidine rings is 1. The van der Waals surface area contributed by atoms with Crippen LogP contribution in [0, 0.1) is 0 Å². The Morgan fingerprint density at radius 1 is 1.43 bits per heavy atom. The van der Waals surface area contributed by atoms with Crippen molar-refractivity contribution in [3.8, 4) is 0 Å². The Labute approximate surface area is 132 Å². The van der Waals surface area contributed by atoms with E-state index >= 15 is 0 Å². The SMILES string of the molecule is CC(C)c1nc(CN2CCC(N(C)CCCO)CC2)cs1. The van der Waals surface area contributed by atoms with E-state index in [0.29, 0.717) is 18.6 Å². The van der Waals surface area contributed by atoms with E-state index in [4.69, 9.17) is 10.1 Å². The lowest BCUT2D eigenvalue weighted by Crippen LogP contribution is -2.43. The summed E-state index contributed by atoms with van der Waals surface area (Å²) >= 11 is 1.79. The molecular formula is C16H29N3OS. The summed E-state index contributed by atoms with van der Waals surface area (Å²) in [4.78, 5) is 9.67. The van der Waals surface area contributed by atoms with Gasteiger partial charge in [0, 0.05) is 50.1 Å². The highest BCUT2D eigenvalue weighted by atomic mass is 32.1. The van der Waals surface area contributed by atoms with Gasteiger partial charge in [0.1, 0.15) is 0 Å². The largest absolute Gasteiger partial charge is 0.396 e. The van der Waals surface area contributed by atoms with Crippen LogP contribution in [0.15, 0.2) is 5.38 Å². The lowest BCUT2D eigenvalue weighted by Gasteiger charge is -2.36. The predicted molar refractivity (Wildman–Crippen MR) is 88.8 cm³/mol. The number of rotatable bonds is 7. The van der Waals surface area contributed by atoms with Crippen LogP contribution in [0.1, 0.15) is 49.7 Å². The zero-order valence-electron chi connectivity index (χ0n) is 13.6. The van der Waals surface area contributed by atoms with Crippen molar-refractivity contribution in [2.24, 2.45) is 0 Å². The molecule has 0 unspecified atom stereocenters. The molecule has 1 N–H and O–H groups in total. The third kappa shape index (κ3) is 5.02. The fraction of sp³-hybridized carbons (Fsp3) is 0.812. The third-order valence-corrected chi connectivity index (χ3v) is 5.49. The molecule has 120 valence electrons. The Morgan fingerprint density at radius 2 is 2.14 bits per heavy atom. The fourth-order valence-electron chi connectivity index (χ4n) is 2.91. The summed E-state index contributed by atoms with van der Waals surface area (Å²) in [5, 5.41) is 12.4. The molecule has 1 aliphatic heterocycles. The quantitative estimate of drug-likeness (QED) is 0.840. The molecule has 0 atom stereocenters. The van der Waals surface area contributed by atoms with Crippen LogP contribution < -0.4 is 0 Å². The molecule has 1 fully saturated rings. The van der Waals surface area contributed by atoms with Gasteiger partial charge in [-0.05, 0) is 26.3 Å². The summed E-state index contributed by atoms with van der Waals surface area (Å²) in [6.07, 6.45) is 3.33. The smallest absolute Gasteiger partial charge is 0.0954 e. The second-order valence-electron chi connectivity index (χ2n) is 6.40. The minimum Gasteiger partial charge on any atom is -0.396 e. The van der Waals surface area contributed by atoms with Crippen molar-refractivity contribution in [1.29, 1.82) is 0 Å². The number of hydrogen-bond donors (Lipinski definition) is 1. The molecule has 0 aliphatic carbocycles. The van der Waals surface area contributed by atoms with Gasteiger partial charge in [0.15, 0.2) is 0 Å². The number of hydrogen-bond acceptors (Lipinski definition) is 5.